The first-order valence-electron chi connectivity index (χ1n) is 3.74. The molecule has 13 heavy (non-hydrogen) atoms. The second-order valence-electron chi connectivity index (χ2n) is 2.72. The minimum atomic E-state index is -0.124. The van der Waals surface area contributed by atoms with Gasteiger partial charge in [-0.05, 0) is 24.6 Å². The van der Waals surface area contributed by atoms with Gasteiger partial charge in [-0.3, -0.25) is 4.79 Å². The van der Waals surface area contributed by atoms with Gasteiger partial charge in [-0.25, -0.2) is 0 Å². The van der Waals surface area contributed by atoms with Gasteiger partial charge in [-0.1, -0.05) is 23.2 Å². The number of rotatable bonds is 1. The molecule has 0 saturated heterocycles. The maximum Gasteiger partial charge on any atom is 0.221 e. The van der Waals surface area contributed by atoms with E-state index in [2.05, 4.69) is 5.32 Å². The molecule has 0 aliphatic carbocycles. The Morgan fingerprint density at radius 3 is 2.54 bits per heavy atom. The van der Waals surface area contributed by atoms with Crippen molar-refractivity contribution < 1.29 is 4.79 Å². The summed E-state index contributed by atoms with van der Waals surface area (Å²) in [5, 5.41) is 3.63. The second kappa shape index (κ2) is 3.99. The first-order chi connectivity index (χ1) is 6.02. The Kier molecular flexibility index (Phi) is 3.17. The lowest BCUT2D eigenvalue weighted by molar-refractivity contribution is -0.114. The summed E-state index contributed by atoms with van der Waals surface area (Å²) in [7, 11) is 0. The Bertz CT molecular complexity index is 350. The fourth-order valence-electron chi connectivity index (χ4n) is 0.977. The fraction of sp³-hybridized carbons (Fsp3) is 0.222. The predicted molar refractivity (Wildman–Crippen MR) is 55.5 cm³/mol. The maximum absolute atomic E-state index is 10.8. The number of amides is 1. The zero-order valence-electron chi connectivity index (χ0n) is 7.32. The van der Waals surface area contributed by atoms with E-state index in [1.165, 1.54) is 6.92 Å². The number of carbonyl (C=O) groups is 1. The van der Waals surface area contributed by atoms with Gasteiger partial charge < -0.3 is 5.32 Å². The molecule has 1 amide bonds. The third kappa shape index (κ3) is 2.36. The molecule has 0 aromatic heterocycles. The van der Waals surface area contributed by atoms with Crippen LogP contribution < -0.4 is 5.32 Å². The average Bonchev–Trinajstić information content (AvgIpc) is 2.06. The van der Waals surface area contributed by atoms with Gasteiger partial charge in [0.1, 0.15) is 0 Å². The number of nitrogens with one attached hydrogen (secondary N) is 1. The summed E-state index contributed by atoms with van der Waals surface area (Å²) in [4.78, 5) is 10.8. The quantitative estimate of drug-likeness (QED) is 0.769. The maximum atomic E-state index is 10.8. The van der Waals surface area contributed by atoms with Crippen molar-refractivity contribution in [2.45, 2.75) is 13.8 Å². The van der Waals surface area contributed by atoms with E-state index in [1.807, 2.05) is 0 Å². The standard InChI is InChI=1S/C9H9Cl2NO/c1-5-8(12-6(2)13)4-3-7(10)9(5)11/h3-4H,1-2H3,(H,12,13). The van der Waals surface area contributed by atoms with Crippen LogP contribution in [0.4, 0.5) is 5.69 Å². The number of carbonyl (C=O) groups excluding carboxylic acids is 1. The number of anilines is 1. The van der Waals surface area contributed by atoms with Crippen molar-refractivity contribution >= 4 is 34.8 Å². The number of hydrogen-bond acceptors (Lipinski definition) is 1. The van der Waals surface area contributed by atoms with Crippen molar-refractivity contribution in [1.82, 2.24) is 0 Å². The fourth-order valence-corrected chi connectivity index (χ4v) is 1.35. The van der Waals surface area contributed by atoms with Gasteiger partial charge in [0.15, 0.2) is 0 Å². The summed E-state index contributed by atoms with van der Waals surface area (Å²) in [6.45, 7) is 3.25. The number of halogens is 2. The Hall–Kier alpha value is -0.730. The third-order valence-electron chi connectivity index (χ3n) is 1.65. The van der Waals surface area contributed by atoms with Crippen LogP contribution in [0.1, 0.15) is 12.5 Å². The van der Waals surface area contributed by atoms with E-state index < -0.39 is 0 Å². The van der Waals surface area contributed by atoms with Gasteiger partial charge >= 0.3 is 0 Å². The van der Waals surface area contributed by atoms with E-state index >= 15 is 0 Å². The van der Waals surface area contributed by atoms with Crippen molar-refractivity contribution in [3.8, 4) is 0 Å². The summed E-state index contributed by atoms with van der Waals surface area (Å²) in [6.07, 6.45) is 0. The summed E-state index contributed by atoms with van der Waals surface area (Å²) < 4.78 is 0. The molecule has 2 nitrogen and oxygen atoms in total. The van der Waals surface area contributed by atoms with Crippen molar-refractivity contribution in [3.05, 3.63) is 27.7 Å². The van der Waals surface area contributed by atoms with Crippen molar-refractivity contribution in [1.29, 1.82) is 0 Å². The van der Waals surface area contributed by atoms with Crippen LogP contribution in [-0.4, -0.2) is 5.91 Å². The highest BCUT2D eigenvalue weighted by Crippen LogP contribution is 2.30. The predicted octanol–water partition coefficient (Wildman–Crippen LogP) is 3.26. The van der Waals surface area contributed by atoms with Crippen molar-refractivity contribution in [3.63, 3.8) is 0 Å². The van der Waals surface area contributed by atoms with Crippen LogP contribution in [0.25, 0.3) is 0 Å². The molecule has 0 aliphatic rings. The van der Waals surface area contributed by atoms with Crippen LogP contribution in [0.5, 0.6) is 0 Å². The van der Waals surface area contributed by atoms with E-state index in [-0.39, 0.29) is 5.91 Å². The number of hydrogen-bond donors (Lipinski definition) is 1. The normalized spacial score (nSPS) is 9.85. The molecule has 0 heterocycles. The molecule has 0 bridgehead atoms. The second-order valence-corrected chi connectivity index (χ2v) is 3.50. The minimum absolute atomic E-state index is 0.124. The Labute approximate surface area is 86.8 Å². The zero-order chi connectivity index (χ0) is 10.0. The van der Waals surface area contributed by atoms with Gasteiger partial charge in [0.2, 0.25) is 5.91 Å². The molecule has 0 spiro atoms. The van der Waals surface area contributed by atoms with Crippen LogP contribution in [0, 0.1) is 6.92 Å². The highest BCUT2D eigenvalue weighted by atomic mass is 35.5. The van der Waals surface area contributed by atoms with Gasteiger partial charge in [0.05, 0.1) is 10.0 Å². The first kappa shape index (κ1) is 10.4. The SMILES string of the molecule is CC(=O)Nc1ccc(Cl)c(Cl)c1C. The molecule has 1 aromatic rings. The van der Waals surface area contributed by atoms with Crippen LogP contribution in [0.15, 0.2) is 12.1 Å². The molecule has 1 aromatic carbocycles. The molecule has 0 saturated carbocycles. The summed E-state index contributed by atoms with van der Waals surface area (Å²) >= 11 is 11.7. The molecule has 70 valence electrons. The molecule has 0 atom stereocenters. The molecule has 1 rings (SSSR count). The zero-order valence-corrected chi connectivity index (χ0v) is 8.83. The van der Waals surface area contributed by atoms with E-state index in [0.29, 0.717) is 15.7 Å². The van der Waals surface area contributed by atoms with Crippen LogP contribution in [0.3, 0.4) is 0 Å². The molecular formula is C9H9Cl2NO. The van der Waals surface area contributed by atoms with E-state index in [0.717, 1.165) is 5.56 Å². The smallest absolute Gasteiger partial charge is 0.221 e. The Balaban J connectivity index is 3.10. The molecule has 4 heteroatoms. The summed E-state index contributed by atoms with van der Waals surface area (Å²) in [6, 6.07) is 3.38. The van der Waals surface area contributed by atoms with Gasteiger partial charge in [0, 0.05) is 12.6 Å². The molecule has 1 N–H and O–H groups in total. The largest absolute Gasteiger partial charge is 0.326 e. The molecule has 0 unspecified atom stereocenters. The number of benzene rings is 1. The molecular weight excluding hydrogens is 209 g/mol. The van der Waals surface area contributed by atoms with Crippen LogP contribution >= 0.6 is 23.2 Å². The van der Waals surface area contributed by atoms with Crippen molar-refractivity contribution in [2.24, 2.45) is 0 Å². The molecule has 0 radical (unpaired) electrons. The molecule has 0 fully saturated rings. The van der Waals surface area contributed by atoms with E-state index in [9.17, 15) is 4.79 Å². The average molecular weight is 218 g/mol. The van der Waals surface area contributed by atoms with Crippen LogP contribution in [-0.2, 0) is 4.79 Å². The molecule has 0 aliphatic heterocycles. The third-order valence-corrected chi connectivity index (χ3v) is 2.55. The van der Waals surface area contributed by atoms with Gasteiger partial charge in [-0.2, -0.15) is 0 Å². The monoisotopic (exact) mass is 217 g/mol. The van der Waals surface area contributed by atoms with Gasteiger partial charge in [0.25, 0.3) is 0 Å². The Morgan fingerprint density at radius 2 is 2.00 bits per heavy atom. The topological polar surface area (TPSA) is 29.1 Å². The minimum Gasteiger partial charge on any atom is -0.326 e. The summed E-state index contributed by atoms with van der Waals surface area (Å²) in [5.74, 6) is -0.124. The lowest BCUT2D eigenvalue weighted by Crippen LogP contribution is -2.07. The van der Waals surface area contributed by atoms with Crippen LogP contribution in [0.2, 0.25) is 10.0 Å². The Morgan fingerprint density at radius 1 is 1.38 bits per heavy atom. The highest BCUT2D eigenvalue weighted by Gasteiger charge is 2.06. The first-order valence-corrected chi connectivity index (χ1v) is 4.50. The van der Waals surface area contributed by atoms with E-state index in [4.69, 9.17) is 23.2 Å². The lowest BCUT2D eigenvalue weighted by atomic mass is 10.2. The van der Waals surface area contributed by atoms with E-state index in [1.54, 1.807) is 19.1 Å². The van der Waals surface area contributed by atoms with Crippen molar-refractivity contribution in [2.75, 3.05) is 5.32 Å². The lowest BCUT2D eigenvalue weighted by Gasteiger charge is -2.08. The van der Waals surface area contributed by atoms with Gasteiger partial charge in [-0.15, -0.1) is 0 Å². The summed E-state index contributed by atoms with van der Waals surface area (Å²) in [5.41, 5.74) is 1.48. The highest BCUT2D eigenvalue weighted by molar-refractivity contribution is 6.42.